The van der Waals surface area contributed by atoms with Crippen LogP contribution in [-0.2, 0) is 4.74 Å². The molecule has 1 aromatic carbocycles. The second-order valence-electron chi connectivity index (χ2n) is 11.8. The van der Waals surface area contributed by atoms with Gasteiger partial charge in [-0.2, -0.15) is 0 Å². The second kappa shape index (κ2) is 32.6. The number of carbonyl (C=O) groups is 1. The summed E-state index contributed by atoms with van der Waals surface area (Å²) < 4.78 is 10.4. The van der Waals surface area contributed by atoms with Crippen LogP contribution in [0, 0.1) is 11.8 Å². The van der Waals surface area contributed by atoms with Gasteiger partial charge in [0.25, 0.3) is 0 Å². The molecule has 0 aliphatic rings. The maximum atomic E-state index is 11.8. The van der Waals surface area contributed by atoms with Crippen LogP contribution < -0.4 is 15.4 Å². The Hall–Kier alpha value is 2.22. The van der Waals surface area contributed by atoms with Crippen LogP contribution in [0.15, 0.2) is 47.6 Å². The smallest absolute Gasteiger partial charge is 0.408 e. The normalized spacial score (nSPS) is 14.5. The minimum Gasteiger partial charge on any atom is -0.497 e. The van der Waals surface area contributed by atoms with Crippen molar-refractivity contribution in [2.24, 2.45) is 11.8 Å². The molecular weight excluding hydrogens is 809 g/mol. The van der Waals surface area contributed by atoms with Crippen LogP contribution in [0.2, 0.25) is 0 Å². The first kappa shape index (κ1) is 54.6. The van der Waals surface area contributed by atoms with Crippen LogP contribution in [0.5, 0.6) is 5.75 Å². The largest absolute Gasteiger partial charge is 0.497 e. The lowest BCUT2D eigenvalue weighted by Gasteiger charge is -2.27. The molecule has 18 heteroatoms. The van der Waals surface area contributed by atoms with Crippen molar-refractivity contribution in [3.05, 3.63) is 47.6 Å². The van der Waals surface area contributed by atoms with Gasteiger partial charge >= 0.3 is 6.09 Å². The number of anilines is 1. The number of amides is 1. The first-order chi connectivity index (χ1) is 22.2. The van der Waals surface area contributed by atoms with E-state index < -0.39 is 11.7 Å². The highest BCUT2D eigenvalue weighted by Gasteiger charge is 2.24. The van der Waals surface area contributed by atoms with E-state index in [4.69, 9.17) is 9.47 Å². The first-order valence-corrected chi connectivity index (χ1v) is 33.6. The van der Waals surface area contributed by atoms with Gasteiger partial charge in [0.15, 0.2) is 0 Å². The summed E-state index contributed by atoms with van der Waals surface area (Å²) in [7, 11) is 22.0. The van der Waals surface area contributed by atoms with Gasteiger partial charge in [-0.25, -0.2) is 4.79 Å². The minimum atomic E-state index is -0.514. The van der Waals surface area contributed by atoms with E-state index in [2.05, 4.69) is 93.1 Å². The molecule has 0 bridgehead atoms. The lowest BCUT2D eigenvalue weighted by molar-refractivity contribution is 0.0489. The topological polar surface area (TPSA) is 100 Å². The van der Waals surface area contributed by atoms with Gasteiger partial charge in [-0.1, -0.05) is 59.0 Å². The molecule has 12 atom stereocenters. The molecule has 282 valence electrons. The molecule has 8 unspecified atom stereocenters. The molecule has 0 aromatic heterocycles. The van der Waals surface area contributed by atoms with Gasteiger partial charge in [0.1, 0.15) is 11.4 Å². The predicted octanol–water partition coefficient (Wildman–Crippen LogP) is 11.8. The van der Waals surface area contributed by atoms with Crippen molar-refractivity contribution >= 4 is 103 Å². The van der Waals surface area contributed by atoms with Crippen molar-refractivity contribution < 1.29 is 24.5 Å². The number of aliphatic hydroxyl groups excluding tert-OH is 2. The summed E-state index contributed by atoms with van der Waals surface area (Å²) >= 11 is 0. The summed E-state index contributed by atoms with van der Waals surface area (Å²) in [5, 5.41) is 24.9. The number of methoxy groups -OCH3 is 1. The van der Waals surface area contributed by atoms with Crippen molar-refractivity contribution in [2.75, 3.05) is 25.6 Å². The molecule has 0 saturated heterocycles. The van der Waals surface area contributed by atoms with Crippen LogP contribution in [-0.4, -0.2) is 54.3 Å². The number of allylic oxidation sites excluding steroid dienone is 2. The Morgan fingerprint density at radius 2 is 1.27 bits per heavy atom. The highest BCUT2D eigenvalue weighted by atomic mass is 33.0. The Bertz CT molecular complexity index is 1010. The summed E-state index contributed by atoms with van der Waals surface area (Å²) in [6.07, 6.45) is 5.71. The fourth-order valence-electron chi connectivity index (χ4n) is 3.82. The molecule has 1 aromatic rings. The minimum absolute atomic E-state index is 0.0232. The van der Waals surface area contributed by atoms with E-state index in [1.54, 1.807) is 7.11 Å². The van der Waals surface area contributed by atoms with Gasteiger partial charge in [0, 0.05) is 30.7 Å². The molecule has 7 nitrogen and oxygen atoms in total. The molecule has 48 heavy (non-hydrogen) atoms. The second-order valence-corrected chi connectivity index (χ2v) is 45.5. The zero-order valence-corrected chi connectivity index (χ0v) is 42.4. The van der Waals surface area contributed by atoms with E-state index in [1.807, 2.05) is 78.8 Å². The van der Waals surface area contributed by atoms with Crippen molar-refractivity contribution in [2.45, 2.75) is 92.8 Å². The van der Waals surface area contributed by atoms with Crippen molar-refractivity contribution in [3.8, 4) is 5.75 Å². The van der Waals surface area contributed by atoms with Gasteiger partial charge in [0.2, 0.25) is 0 Å². The number of alkyl carbamates (subject to hydrolysis) is 1. The average molecular weight is 877 g/mol. The Kier molecular flexibility index (Phi) is 37.1. The zero-order chi connectivity index (χ0) is 38.0. The Labute approximate surface area is 315 Å². The van der Waals surface area contributed by atoms with Gasteiger partial charge in [0.05, 0.1) is 19.2 Å². The number of hydrogen-bond acceptors (Lipinski definition) is 6. The number of ether oxygens (including phenoxy) is 2. The molecular formula is C30H67N2O5P11. The Morgan fingerprint density at radius 3 is 1.58 bits per heavy atom. The van der Waals surface area contributed by atoms with Gasteiger partial charge in [-0.3, -0.25) is 0 Å². The van der Waals surface area contributed by atoms with Crippen LogP contribution in [0.25, 0.3) is 0 Å². The Balaban J connectivity index is -0.000000645. The van der Waals surface area contributed by atoms with E-state index in [1.165, 1.54) is 5.57 Å². The first-order valence-electron chi connectivity index (χ1n) is 15.5. The van der Waals surface area contributed by atoms with Crippen LogP contribution in [0.3, 0.4) is 0 Å². The number of rotatable bonds is 14. The van der Waals surface area contributed by atoms with Crippen molar-refractivity contribution in [3.63, 3.8) is 0 Å². The quantitative estimate of drug-likeness (QED) is 0.110. The Morgan fingerprint density at radius 1 is 0.875 bits per heavy atom. The molecule has 0 radical (unpaired) electrons. The summed E-state index contributed by atoms with van der Waals surface area (Å²) in [6.45, 7) is 18.4. The highest BCUT2D eigenvalue weighted by Crippen LogP contribution is 2.86. The van der Waals surface area contributed by atoms with Crippen molar-refractivity contribution in [1.29, 1.82) is 0 Å². The molecule has 0 aliphatic carbocycles. The molecule has 4 N–H and O–H groups in total. The van der Waals surface area contributed by atoms with Gasteiger partial charge in [-0.15, -0.1) is 62.5 Å². The molecule has 0 saturated carbocycles. The number of hydrogen-bond donors (Lipinski definition) is 4. The SMILES string of the molecule is CC/C=C(\C)[C@@H](NC(=O)OC(C)(C)C)[C@@H](C)CO.CC/C=C(\C)[C@@H](Nc1ccc(OC)cc1)[C@@H](C)CO.PP(P)P(P)P.PPP(P)P. The number of nitrogens with one attached hydrogen (secondary N) is 2. The average Bonchev–Trinajstić information content (AvgIpc) is 3.02. The maximum absolute atomic E-state index is 11.8. The third kappa shape index (κ3) is 30.7. The monoisotopic (exact) mass is 876 g/mol. The highest BCUT2D eigenvalue weighted by molar-refractivity contribution is 8.92. The van der Waals surface area contributed by atoms with Crippen molar-refractivity contribution in [1.82, 2.24) is 5.32 Å². The van der Waals surface area contributed by atoms with E-state index in [-0.39, 0.29) is 58.1 Å². The lowest BCUT2D eigenvalue weighted by Crippen LogP contribution is -2.44. The third-order valence-corrected chi connectivity index (χ3v) is 39.5. The number of benzene rings is 1. The molecule has 0 heterocycles. The fraction of sp³-hybridized carbons (Fsp3) is 0.633. The number of carbonyl (C=O) groups excluding carboxylic acids is 1. The molecule has 1 amide bonds. The van der Waals surface area contributed by atoms with E-state index in [0.29, 0.717) is 0 Å². The standard InChI is InChI=1S/C16H25NO2.C14H27NO3.H8P6.H7P5/c1-5-6-12(2)16(13(3)11-18)17-14-7-9-15(19-4)10-8-14;1-7-8-10(2)12(11(3)9-16)15-13(17)18-14(4,5)6;1-5(2)6(3)4;1-4-5(2)3/h6-10,13,16-18H,5,11H2,1-4H3;8,11-12,16H,7,9H2,1-6H3,(H,15,17);1-4H2;4H,1-3H2/b12-6+;10-8+;;/t13-,16+;11-,12+;;/m00../s1. The van der Waals surface area contributed by atoms with Crippen LogP contribution in [0.1, 0.15) is 75.2 Å². The van der Waals surface area contributed by atoms with E-state index in [0.717, 1.165) is 37.8 Å². The third-order valence-electron chi connectivity index (χ3n) is 6.25. The molecule has 0 aliphatic heterocycles. The predicted molar refractivity (Wildman–Crippen MR) is 251 cm³/mol. The maximum Gasteiger partial charge on any atom is 0.408 e. The summed E-state index contributed by atoms with van der Waals surface area (Å²) in [6, 6.07) is 7.82. The molecule has 1 rings (SSSR count). The summed E-state index contributed by atoms with van der Waals surface area (Å²) in [4.78, 5) is 11.8. The van der Waals surface area contributed by atoms with Crippen LogP contribution in [0.4, 0.5) is 10.5 Å². The van der Waals surface area contributed by atoms with E-state index in [9.17, 15) is 15.0 Å². The number of aliphatic hydroxyl groups is 2. The van der Waals surface area contributed by atoms with Crippen LogP contribution >= 0.6 is 91.4 Å². The summed E-state index contributed by atoms with van der Waals surface area (Å²) in [5.41, 5.74) is 2.83. The fourth-order valence-corrected chi connectivity index (χ4v) is 3.82. The molecule has 0 spiro atoms. The van der Waals surface area contributed by atoms with Gasteiger partial charge < -0.3 is 30.3 Å². The summed E-state index contributed by atoms with van der Waals surface area (Å²) in [5.74, 6) is 0.975. The van der Waals surface area contributed by atoms with Gasteiger partial charge in [-0.05, 0) is 92.7 Å². The lowest BCUT2D eigenvalue weighted by atomic mass is 9.95. The zero-order valence-electron chi connectivity index (χ0n) is 30.6. The molecule has 0 fully saturated rings. The van der Waals surface area contributed by atoms with E-state index >= 15 is 0 Å².